The number of nitrogen functional groups attached to an aromatic ring is 1. The van der Waals surface area contributed by atoms with Crippen LogP contribution in [0, 0.1) is 12.7 Å². The number of rotatable bonds is 2. The van der Waals surface area contributed by atoms with Crippen molar-refractivity contribution in [2.24, 2.45) is 0 Å². The van der Waals surface area contributed by atoms with E-state index in [9.17, 15) is 4.39 Å². The van der Waals surface area contributed by atoms with E-state index in [0.717, 1.165) is 5.56 Å². The Bertz CT molecular complexity index is 537. The summed E-state index contributed by atoms with van der Waals surface area (Å²) in [7, 11) is 0. The first-order valence-electron chi connectivity index (χ1n) is 5.01. The standard InChI is InChI=1S/C12H11ClFN3/c1-7-2-3-8(14)4-10(7)16-12-6-9(15)5-11(13)17-12/h2-6H,1H3,(H3,15,16,17). The maximum atomic E-state index is 13.1. The van der Waals surface area contributed by atoms with Crippen LogP contribution in [-0.2, 0) is 0 Å². The van der Waals surface area contributed by atoms with Crippen LogP contribution in [0.4, 0.5) is 21.6 Å². The zero-order valence-corrected chi connectivity index (χ0v) is 9.92. The summed E-state index contributed by atoms with van der Waals surface area (Å²) in [5, 5.41) is 3.27. The Morgan fingerprint density at radius 2 is 2.06 bits per heavy atom. The van der Waals surface area contributed by atoms with E-state index in [2.05, 4.69) is 10.3 Å². The third-order valence-electron chi connectivity index (χ3n) is 2.28. The molecule has 0 saturated heterocycles. The summed E-state index contributed by atoms with van der Waals surface area (Å²) in [6, 6.07) is 7.67. The Morgan fingerprint density at radius 1 is 1.29 bits per heavy atom. The Labute approximate surface area is 103 Å². The number of halogens is 2. The SMILES string of the molecule is Cc1ccc(F)cc1Nc1cc(N)cc(Cl)n1. The second kappa shape index (κ2) is 4.59. The van der Waals surface area contributed by atoms with Gasteiger partial charge in [-0.25, -0.2) is 9.37 Å². The van der Waals surface area contributed by atoms with Crippen molar-refractivity contribution in [1.82, 2.24) is 4.98 Å². The molecule has 0 amide bonds. The molecule has 0 unspecified atom stereocenters. The Kier molecular flexibility index (Phi) is 3.15. The summed E-state index contributed by atoms with van der Waals surface area (Å²) in [6.07, 6.45) is 0. The van der Waals surface area contributed by atoms with Crippen LogP contribution < -0.4 is 11.1 Å². The highest BCUT2D eigenvalue weighted by Gasteiger charge is 2.03. The van der Waals surface area contributed by atoms with Crippen LogP contribution >= 0.6 is 11.6 Å². The van der Waals surface area contributed by atoms with Gasteiger partial charge in [-0.3, -0.25) is 0 Å². The third-order valence-corrected chi connectivity index (χ3v) is 2.47. The molecule has 0 saturated carbocycles. The lowest BCUT2D eigenvalue weighted by atomic mass is 10.2. The Hall–Kier alpha value is -1.81. The average Bonchev–Trinajstić information content (AvgIpc) is 2.22. The average molecular weight is 252 g/mol. The second-order valence-corrected chi connectivity index (χ2v) is 4.08. The first-order chi connectivity index (χ1) is 8.04. The fourth-order valence-corrected chi connectivity index (χ4v) is 1.66. The zero-order chi connectivity index (χ0) is 12.4. The van der Waals surface area contributed by atoms with Crippen LogP contribution in [0.1, 0.15) is 5.56 Å². The molecular weight excluding hydrogens is 241 g/mol. The largest absolute Gasteiger partial charge is 0.399 e. The van der Waals surface area contributed by atoms with E-state index < -0.39 is 0 Å². The highest BCUT2D eigenvalue weighted by Crippen LogP contribution is 2.23. The molecule has 0 spiro atoms. The Balaban J connectivity index is 2.34. The van der Waals surface area contributed by atoms with E-state index in [1.54, 1.807) is 18.2 Å². The number of pyridine rings is 1. The number of nitrogens with zero attached hydrogens (tertiary/aromatic N) is 1. The number of benzene rings is 1. The summed E-state index contributed by atoms with van der Waals surface area (Å²) in [5.41, 5.74) is 7.69. The maximum absolute atomic E-state index is 13.1. The maximum Gasteiger partial charge on any atom is 0.134 e. The summed E-state index contributed by atoms with van der Waals surface area (Å²) in [4.78, 5) is 4.05. The topological polar surface area (TPSA) is 50.9 Å². The first kappa shape index (κ1) is 11.7. The van der Waals surface area contributed by atoms with Gasteiger partial charge in [0.25, 0.3) is 0 Å². The van der Waals surface area contributed by atoms with Crippen LogP contribution in [0.2, 0.25) is 5.15 Å². The van der Waals surface area contributed by atoms with Crippen molar-refractivity contribution < 1.29 is 4.39 Å². The number of anilines is 3. The van der Waals surface area contributed by atoms with Crippen LogP contribution in [0.15, 0.2) is 30.3 Å². The molecule has 3 nitrogen and oxygen atoms in total. The summed E-state index contributed by atoms with van der Waals surface area (Å²) in [5.74, 6) is 0.178. The van der Waals surface area contributed by atoms with Gasteiger partial charge in [0.1, 0.15) is 16.8 Å². The van der Waals surface area contributed by atoms with E-state index in [4.69, 9.17) is 17.3 Å². The van der Waals surface area contributed by atoms with Crippen LogP contribution in [0.3, 0.4) is 0 Å². The number of aromatic nitrogens is 1. The van der Waals surface area contributed by atoms with Gasteiger partial charge in [-0.15, -0.1) is 0 Å². The molecule has 0 fully saturated rings. The van der Waals surface area contributed by atoms with Crippen molar-refractivity contribution >= 4 is 28.8 Å². The summed E-state index contributed by atoms with van der Waals surface area (Å²) >= 11 is 5.78. The molecule has 1 heterocycles. The van der Waals surface area contributed by atoms with Crippen LogP contribution in [0.25, 0.3) is 0 Å². The number of aryl methyl sites for hydroxylation is 1. The van der Waals surface area contributed by atoms with Crippen molar-refractivity contribution in [3.8, 4) is 0 Å². The van der Waals surface area contributed by atoms with Crippen molar-refractivity contribution in [3.05, 3.63) is 46.9 Å². The Morgan fingerprint density at radius 3 is 2.76 bits per heavy atom. The van der Waals surface area contributed by atoms with Gasteiger partial charge in [0, 0.05) is 17.4 Å². The fraction of sp³-hybridized carbons (Fsp3) is 0.0833. The van der Waals surface area contributed by atoms with Crippen LogP contribution in [0.5, 0.6) is 0 Å². The minimum atomic E-state index is -0.312. The smallest absolute Gasteiger partial charge is 0.134 e. The normalized spacial score (nSPS) is 10.3. The number of hydrogen-bond acceptors (Lipinski definition) is 3. The molecule has 0 aliphatic rings. The van der Waals surface area contributed by atoms with Gasteiger partial charge in [0.05, 0.1) is 0 Å². The number of nitrogens with one attached hydrogen (secondary N) is 1. The van der Waals surface area contributed by atoms with Gasteiger partial charge in [-0.1, -0.05) is 17.7 Å². The lowest BCUT2D eigenvalue weighted by Crippen LogP contribution is -1.98. The molecule has 1 aromatic heterocycles. The van der Waals surface area contributed by atoms with Gasteiger partial charge in [-0.2, -0.15) is 0 Å². The van der Waals surface area contributed by atoms with E-state index >= 15 is 0 Å². The molecule has 88 valence electrons. The molecule has 0 aliphatic carbocycles. The zero-order valence-electron chi connectivity index (χ0n) is 9.17. The third kappa shape index (κ3) is 2.85. The molecule has 3 N–H and O–H groups in total. The molecule has 2 aromatic rings. The van der Waals surface area contributed by atoms with Gasteiger partial charge in [-0.05, 0) is 30.7 Å². The van der Waals surface area contributed by atoms with Gasteiger partial charge >= 0.3 is 0 Å². The van der Waals surface area contributed by atoms with E-state index in [1.807, 2.05) is 6.92 Å². The number of nitrogens with two attached hydrogens (primary N) is 1. The van der Waals surface area contributed by atoms with Crippen molar-refractivity contribution in [3.63, 3.8) is 0 Å². The lowest BCUT2D eigenvalue weighted by molar-refractivity contribution is 0.628. The highest BCUT2D eigenvalue weighted by molar-refractivity contribution is 6.29. The molecule has 0 atom stereocenters. The first-order valence-corrected chi connectivity index (χ1v) is 5.38. The molecule has 0 bridgehead atoms. The van der Waals surface area contributed by atoms with E-state index in [-0.39, 0.29) is 5.82 Å². The molecule has 17 heavy (non-hydrogen) atoms. The lowest BCUT2D eigenvalue weighted by Gasteiger charge is -2.09. The molecular formula is C12H11ClFN3. The minimum absolute atomic E-state index is 0.293. The van der Waals surface area contributed by atoms with Crippen LogP contribution in [-0.4, -0.2) is 4.98 Å². The quantitative estimate of drug-likeness (QED) is 0.803. The van der Waals surface area contributed by atoms with E-state index in [1.165, 1.54) is 12.1 Å². The molecule has 0 radical (unpaired) electrons. The van der Waals surface area contributed by atoms with Crippen molar-refractivity contribution in [2.45, 2.75) is 6.92 Å². The highest BCUT2D eigenvalue weighted by atomic mass is 35.5. The van der Waals surface area contributed by atoms with Gasteiger partial charge in [0.15, 0.2) is 0 Å². The molecule has 1 aromatic carbocycles. The predicted octanol–water partition coefficient (Wildman–Crippen LogP) is 3.51. The minimum Gasteiger partial charge on any atom is -0.399 e. The monoisotopic (exact) mass is 251 g/mol. The second-order valence-electron chi connectivity index (χ2n) is 3.69. The van der Waals surface area contributed by atoms with Gasteiger partial charge in [0.2, 0.25) is 0 Å². The van der Waals surface area contributed by atoms with Crippen molar-refractivity contribution in [1.29, 1.82) is 0 Å². The predicted molar refractivity (Wildman–Crippen MR) is 68.1 cm³/mol. The van der Waals surface area contributed by atoms with E-state index in [0.29, 0.717) is 22.3 Å². The summed E-state index contributed by atoms with van der Waals surface area (Å²) in [6.45, 7) is 1.87. The fourth-order valence-electron chi connectivity index (χ4n) is 1.45. The summed E-state index contributed by atoms with van der Waals surface area (Å²) < 4.78 is 13.1. The molecule has 2 rings (SSSR count). The van der Waals surface area contributed by atoms with Crippen molar-refractivity contribution in [2.75, 3.05) is 11.1 Å². The molecule has 0 aliphatic heterocycles. The van der Waals surface area contributed by atoms with Gasteiger partial charge < -0.3 is 11.1 Å². The number of hydrogen-bond donors (Lipinski definition) is 2. The molecule has 5 heteroatoms.